The Bertz CT molecular complexity index is 770. The van der Waals surface area contributed by atoms with Crippen LogP contribution in [0.15, 0.2) is 12.7 Å². The van der Waals surface area contributed by atoms with Crippen molar-refractivity contribution < 1.29 is 14.6 Å². The number of aliphatic hydroxyl groups excluding tert-OH is 1. The van der Waals surface area contributed by atoms with Crippen LogP contribution in [-0.4, -0.2) is 76.6 Å². The van der Waals surface area contributed by atoms with Crippen molar-refractivity contribution in [2.45, 2.75) is 39.8 Å². The van der Waals surface area contributed by atoms with Crippen LogP contribution in [0.4, 0.5) is 0 Å². The Morgan fingerprint density at radius 2 is 2.07 bits per heavy atom. The summed E-state index contributed by atoms with van der Waals surface area (Å²) in [6, 6.07) is 0. The van der Waals surface area contributed by atoms with Gasteiger partial charge in [0.1, 0.15) is 0 Å². The van der Waals surface area contributed by atoms with Crippen molar-refractivity contribution in [1.82, 2.24) is 19.6 Å². The van der Waals surface area contributed by atoms with Crippen molar-refractivity contribution in [3.8, 4) is 0 Å². The third-order valence-corrected chi connectivity index (χ3v) is 7.24. The molecule has 4 heterocycles. The first kappa shape index (κ1) is 20.6. The van der Waals surface area contributed by atoms with E-state index in [1.165, 1.54) is 11.3 Å². The standard InChI is InChI=1S/C22H34N4O3/c1-4-7-26-17(3)20(16(2)23-26)12-24-10-19-11-25(14-22(19,13-24)15-27)21(28)18-5-8-29-9-6-18/h4,18-19,27H,1,5-15H2,2-3H3/t19-,22+/m0/s1. The monoisotopic (exact) mass is 402 g/mol. The average molecular weight is 403 g/mol. The summed E-state index contributed by atoms with van der Waals surface area (Å²) in [6.45, 7) is 14.3. The molecular weight excluding hydrogens is 368 g/mol. The highest BCUT2D eigenvalue weighted by atomic mass is 16.5. The number of hydrogen-bond donors (Lipinski definition) is 1. The number of amides is 1. The Labute approximate surface area is 173 Å². The molecule has 3 aliphatic rings. The zero-order chi connectivity index (χ0) is 20.6. The van der Waals surface area contributed by atoms with Gasteiger partial charge in [-0.2, -0.15) is 5.10 Å². The molecule has 3 saturated heterocycles. The largest absolute Gasteiger partial charge is 0.396 e. The lowest BCUT2D eigenvalue weighted by molar-refractivity contribution is -0.138. The SMILES string of the molecule is C=CCn1nc(C)c(CN2C[C@H]3CN(C(=O)C4CCOCC4)C[C@@]3(CO)C2)c1C. The molecule has 0 aromatic carbocycles. The fourth-order valence-electron chi connectivity index (χ4n) is 5.49. The van der Waals surface area contributed by atoms with Gasteiger partial charge < -0.3 is 14.7 Å². The maximum Gasteiger partial charge on any atom is 0.225 e. The number of hydrogen-bond acceptors (Lipinski definition) is 5. The van der Waals surface area contributed by atoms with E-state index in [-0.39, 0.29) is 23.8 Å². The summed E-state index contributed by atoms with van der Waals surface area (Å²) in [6.07, 6.45) is 3.52. The fraction of sp³-hybridized carbons (Fsp3) is 0.727. The molecule has 3 aliphatic heterocycles. The van der Waals surface area contributed by atoms with Crippen LogP contribution in [0.2, 0.25) is 0 Å². The zero-order valence-corrected chi connectivity index (χ0v) is 17.8. The third kappa shape index (κ3) is 3.76. The van der Waals surface area contributed by atoms with Gasteiger partial charge >= 0.3 is 0 Å². The lowest BCUT2D eigenvalue weighted by Crippen LogP contribution is -2.42. The second kappa shape index (κ2) is 8.20. The Hall–Kier alpha value is -1.70. The number of nitrogens with zero attached hydrogens (tertiary/aromatic N) is 4. The molecule has 0 radical (unpaired) electrons. The highest BCUT2D eigenvalue weighted by molar-refractivity contribution is 5.79. The zero-order valence-electron chi connectivity index (χ0n) is 17.8. The van der Waals surface area contributed by atoms with Crippen molar-refractivity contribution >= 4 is 5.91 Å². The van der Waals surface area contributed by atoms with Crippen LogP contribution < -0.4 is 0 Å². The summed E-state index contributed by atoms with van der Waals surface area (Å²) in [4.78, 5) is 17.4. The molecule has 7 heteroatoms. The molecule has 0 saturated carbocycles. The number of aliphatic hydroxyl groups is 1. The van der Waals surface area contributed by atoms with Gasteiger partial charge in [0.05, 0.1) is 18.8 Å². The van der Waals surface area contributed by atoms with Crippen molar-refractivity contribution in [3.63, 3.8) is 0 Å². The number of aryl methyl sites for hydroxylation is 1. The first-order valence-electron chi connectivity index (χ1n) is 10.8. The predicted molar refractivity (Wildman–Crippen MR) is 110 cm³/mol. The minimum atomic E-state index is -0.195. The maximum absolute atomic E-state index is 13.0. The Balaban J connectivity index is 1.42. The molecule has 1 amide bonds. The van der Waals surface area contributed by atoms with E-state index in [9.17, 15) is 9.90 Å². The van der Waals surface area contributed by atoms with Crippen molar-refractivity contribution in [1.29, 1.82) is 0 Å². The van der Waals surface area contributed by atoms with Crippen molar-refractivity contribution in [2.75, 3.05) is 46.0 Å². The smallest absolute Gasteiger partial charge is 0.225 e. The second-order valence-corrected chi connectivity index (χ2v) is 9.11. The van der Waals surface area contributed by atoms with Crippen LogP contribution in [-0.2, 0) is 22.6 Å². The van der Waals surface area contributed by atoms with Gasteiger partial charge in [-0.1, -0.05) is 6.08 Å². The highest BCUT2D eigenvalue weighted by Gasteiger charge is 2.53. The van der Waals surface area contributed by atoms with E-state index in [2.05, 4.69) is 30.4 Å². The summed E-state index contributed by atoms with van der Waals surface area (Å²) in [5.74, 6) is 0.690. The van der Waals surface area contributed by atoms with Crippen LogP contribution in [0.5, 0.6) is 0 Å². The summed E-state index contributed by atoms with van der Waals surface area (Å²) in [5.41, 5.74) is 3.33. The lowest BCUT2D eigenvalue weighted by atomic mass is 9.82. The molecule has 0 bridgehead atoms. The number of fused-ring (bicyclic) bond motifs is 1. The lowest BCUT2D eigenvalue weighted by Gasteiger charge is -2.30. The van der Waals surface area contributed by atoms with Gasteiger partial charge in [-0.25, -0.2) is 0 Å². The van der Waals surface area contributed by atoms with E-state index in [1.807, 2.05) is 15.7 Å². The van der Waals surface area contributed by atoms with Crippen molar-refractivity contribution in [2.24, 2.45) is 17.3 Å². The molecule has 0 aliphatic carbocycles. The number of allylic oxidation sites excluding steroid dienone is 1. The van der Waals surface area contributed by atoms with Crippen LogP contribution in [0.3, 0.4) is 0 Å². The van der Waals surface area contributed by atoms with Gasteiger partial charge in [-0.15, -0.1) is 6.58 Å². The molecule has 160 valence electrons. The first-order chi connectivity index (χ1) is 14.0. The topological polar surface area (TPSA) is 70.8 Å². The molecule has 0 unspecified atom stereocenters. The van der Waals surface area contributed by atoms with Gasteiger partial charge in [0, 0.05) is 68.5 Å². The van der Waals surface area contributed by atoms with Crippen LogP contribution in [0.25, 0.3) is 0 Å². The molecule has 3 fully saturated rings. The van der Waals surface area contributed by atoms with Gasteiger partial charge in [0.2, 0.25) is 5.91 Å². The molecule has 4 rings (SSSR count). The predicted octanol–water partition coefficient (Wildman–Crippen LogP) is 1.37. The molecule has 7 nitrogen and oxygen atoms in total. The molecule has 0 spiro atoms. The highest BCUT2D eigenvalue weighted by Crippen LogP contribution is 2.43. The summed E-state index contributed by atoms with van der Waals surface area (Å²) in [7, 11) is 0. The number of likely N-dealkylation sites (tertiary alicyclic amines) is 2. The van der Waals surface area contributed by atoms with Gasteiger partial charge in [0.25, 0.3) is 0 Å². The first-order valence-corrected chi connectivity index (χ1v) is 10.8. The normalized spacial score (nSPS) is 28.1. The minimum Gasteiger partial charge on any atom is -0.396 e. The maximum atomic E-state index is 13.0. The van der Waals surface area contributed by atoms with Crippen LogP contribution in [0.1, 0.15) is 29.8 Å². The molecular formula is C22H34N4O3. The van der Waals surface area contributed by atoms with Crippen molar-refractivity contribution in [3.05, 3.63) is 29.6 Å². The van der Waals surface area contributed by atoms with Gasteiger partial charge in [-0.3, -0.25) is 14.4 Å². The van der Waals surface area contributed by atoms with Gasteiger partial charge in [0.15, 0.2) is 0 Å². The number of ether oxygens (including phenoxy) is 1. The number of aromatic nitrogens is 2. The van der Waals surface area contributed by atoms with Crippen LogP contribution >= 0.6 is 0 Å². The minimum absolute atomic E-state index is 0.0930. The second-order valence-electron chi connectivity index (χ2n) is 9.11. The molecule has 2 atom stereocenters. The Morgan fingerprint density at radius 1 is 1.31 bits per heavy atom. The Kier molecular flexibility index (Phi) is 5.82. The summed E-state index contributed by atoms with van der Waals surface area (Å²) < 4.78 is 7.41. The van der Waals surface area contributed by atoms with E-state index < -0.39 is 0 Å². The van der Waals surface area contributed by atoms with E-state index in [4.69, 9.17) is 4.74 Å². The van der Waals surface area contributed by atoms with Crippen LogP contribution in [0, 0.1) is 31.1 Å². The average Bonchev–Trinajstić information content (AvgIpc) is 3.33. The van der Waals surface area contributed by atoms with E-state index in [1.54, 1.807) is 0 Å². The number of rotatable bonds is 6. The Morgan fingerprint density at radius 3 is 2.72 bits per heavy atom. The summed E-state index contributed by atoms with van der Waals surface area (Å²) >= 11 is 0. The molecule has 1 aromatic rings. The molecule has 29 heavy (non-hydrogen) atoms. The summed E-state index contributed by atoms with van der Waals surface area (Å²) in [5, 5.41) is 14.9. The van der Waals surface area contributed by atoms with E-state index in [0.717, 1.165) is 51.3 Å². The molecule has 1 N–H and O–H groups in total. The fourth-order valence-corrected chi connectivity index (χ4v) is 5.49. The quantitative estimate of drug-likeness (QED) is 0.728. The molecule has 1 aromatic heterocycles. The van der Waals surface area contributed by atoms with E-state index >= 15 is 0 Å². The third-order valence-electron chi connectivity index (χ3n) is 7.24. The number of carbonyl (C=O) groups is 1. The van der Waals surface area contributed by atoms with Gasteiger partial charge in [-0.05, 0) is 32.6 Å². The van der Waals surface area contributed by atoms with E-state index in [0.29, 0.717) is 25.7 Å². The number of carbonyl (C=O) groups excluding carboxylic acids is 1.